The van der Waals surface area contributed by atoms with Crippen molar-refractivity contribution in [2.45, 2.75) is 12.3 Å². The zero-order valence-electron chi connectivity index (χ0n) is 10.0. The van der Waals surface area contributed by atoms with Crippen LogP contribution in [0.1, 0.15) is 11.4 Å². The van der Waals surface area contributed by atoms with Crippen LogP contribution in [0.15, 0.2) is 30.3 Å². The first kappa shape index (κ1) is 13.8. The highest BCUT2D eigenvalue weighted by Gasteiger charge is 2.07. The fourth-order valence-electron chi connectivity index (χ4n) is 1.32. The Labute approximate surface area is 119 Å². The van der Waals surface area contributed by atoms with Crippen LogP contribution in [-0.2, 0) is 10.7 Å². The molecule has 0 radical (unpaired) electrons. The topological polar surface area (TPSA) is 64.1 Å². The van der Waals surface area contributed by atoms with Crippen LogP contribution in [0.4, 0.5) is 5.13 Å². The monoisotopic (exact) mass is 297 g/mol. The van der Waals surface area contributed by atoms with Gasteiger partial charge in [0.05, 0.1) is 18.9 Å². The normalized spacial score (nSPS) is 10.2. The highest BCUT2D eigenvalue weighted by Crippen LogP contribution is 2.16. The van der Waals surface area contributed by atoms with E-state index in [2.05, 4.69) is 15.5 Å². The van der Waals surface area contributed by atoms with Gasteiger partial charge in [-0.25, -0.2) is 0 Å². The molecule has 1 amide bonds. The fourth-order valence-corrected chi connectivity index (χ4v) is 2.14. The van der Waals surface area contributed by atoms with Crippen molar-refractivity contribution in [1.29, 1.82) is 0 Å². The van der Waals surface area contributed by atoms with Gasteiger partial charge in [-0.15, -0.1) is 21.8 Å². The lowest BCUT2D eigenvalue weighted by atomic mass is 10.3. The minimum atomic E-state index is -0.159. The molecule has 0 atom stereocenters. The molecule has 0 spiro atoms. The Kier molecular flexibility index (Phi) is 5.11. The lowest BCUT2D eigenvalue weighted by Gasteiger charge is -2.05. The summed E-state index contributed by atoms with van der Waals surface area (Å²) in [5.41, 5.74) is 0. The molecule has 0 bridgehead atoms. The average molecular weight is 298 g/mol. The van der Waals surface area contributed by atoms with Crippen LogP contribution in [0.2, 0.25) is 0 Å². The Bertz CT molecular complexity index is 533. The van der Waals surface area contributed by atoms with Gasteiger partial charge >= 0.3 is 0 Å². The van der Waals surface area contributed by atoms with E-state index in [0.29, 0.717) is 22.6 Å². The minimum absolute atomic E-state index is 0.159. The van der Waals surface area contributed by atoms with Crippen LogP contribution in [0.25, 0.3) is 0 Å². The summed E-state index contributed by atoms with van der Waals surface area (Å²) in [4.78, 5) is 11.6. The summed E-state index contributed by atoms with van der Waals surface area (Å²) in [5, 5.41) is 11.4. The highest BCUT2D eigenvalue weighted by atomic mass is 35.5. The number of ether oxygens (including phenoxy) is 1. The van der Waals surface area contributed by atoms with Crippen LogP contribution >= 0.6 is 22.9 Å². The zero-order chi connectivity index (χ0) is 13.5. The van der Waals surface area contributed by atoms with Gasteiger partial charge in [-0.1, -0.05) is 29.5 Å². The summed E-state index contributed by atoms with van der Waals surface area (Å²) in [7, 11) is 0. The molecule has 5 nitrogen and oxygen atoms in total. The van der Waals surface area contributed by atoms with Gasteiger partial charge in [-0.2, -0.15) is 0 Å². The van der Waals surface area contributed by atoms with Crippen LogP contribution < -0.4 is 10.1 Å². The molecule has 0 fully saturated rings. The predicted molar refractivity (Wildman–Crippen MR) is 74.6 cm³/mol. The van der Waals surface area contributed by atoms with Gasteiger partial charge in [-0.05, 0) is 12.1 Å². The summed E-state index contributed by atoms with van der Waals surface area (Å²) in [6.45, 7) is 0.316. The van der Waals surface area contributed by atoms with Crippen molar-refractivity contribution in [3.63, 3.8) is 0 Å². The summed E-state index contributed by atoms with van der Waals surface area (Å²) < 4.78 is 5.43. The molecule has 1 aromatic heterocycles. The van der Waals surface area contributed by atoms with Crippen LogP contribution in [0.5, 0.6) is 5.75 Å². The third-order valence-electron chi connectivity index (χ3n) is 2.17. The first-order valence-corrected chi connectivity index (χ1v) is 6.99. The Hall–Kier alpha value is -1.66. The lowest BCUT2D eigenvalue weighted by molar-refractivity contribution is -0.116. The number of benzene rings is 1. The molecule has 19 heavy (non-hydrogen) atoms. The van der Waals surface area contributed by atoms with Crippen molar-refractivity contribution >= 4 is 34.0 Å². The lowest BCUT2D eigenvalue weighted by Crippen LogP contribution is -2.15. The predicted octanol–water partition coefficient (Wildman–Crippen LogP) is 2.68. The molecule has 2 aromatic rings. The van der Waals surface area contributed by atoms with Crippen molar-refractivity contribution in [3.8, 4) is 5.75 Å². The minimum Gasteiger partial charge on any atom is -0.493 e. The first-order chi connectivity index (χ1) is 9.28. The maximum atomic E-state index is 11.6. The number of aromatic nitrogens is 2. The molecular formula is C12H12ClN3O2S. The number of halogens is 1. The second-order valence-corrected chi connectivity index (χ2v) is 4.92. The van der Waals surface area contributed by atoms with E-state index in [0.717, 1.165) is 5.75 Å². The van der Waals surface area contributed by atoms with E-state index in [9.17, 15) is 4.79 Å². The highest BCUT2D eigenvalue weighted by molar-refractivity contribution is 7.15. The number of amides is 1. The van der Waals surface area contributed by atoms with Gasteiger partial charge in [0.25, 0.3) is 0 Å². The first-order valence-electron chi connectivity index (χ1n) is 5.64. The molecule has 0 aliphatic carbocycles. The zero-order valence-corrected chi connectivity index (χ0v) is 11.6. The van der Waals surface area contributed by atoms with E-state index >= 15 is 0 Å². The molecule has 7 heteroatoms. The fraction of sp³-hybridized carbons (Fsp3) is 0.250. The van der Waals surface area contributed by atoms with Gasteiger partial charge in [-0.3, -0.25) is 4.79 Å². The number of carbonyl (C=O) groups is 1. The van der Waals surface area contributed by atoms with Crippen molar-refractivity contribution in [1.82, 2.24) is 10.2 Å². The number of rotatable bonds is 6. The quantitative estimate of drug-likeness (QED) is 0.833. The Morgan fingerprint density at radius 1 is 1.32 bits per heavy atom. The maximum Gasteiger partial charge on any atom is 0.229 e. The Morgan fingerprint density at radius 2 is 2.11 bits per heavy atom. The Morgan fingerprint density at radius 3 is 2.79 bits per heavy atom. The third kappa shape index (κ3) is 4.50. The van der Waals surface area contributed by atoms with E-state index in [-0.39, 0.29) is 12.3 Å². The summed E-state index contributed by atoms with van der Waals surface area (Å²) in [5.74, 6) is 0.883. The third-order valence-corrected chi connectivity index (χ3v) is 3.42. The summed E-state index contributed by atoms with van der Waals surface area (Å²) in [6.07, 6.45) is 0.255. The maximum absolute atomic E-state index is 11.6. The van der Waals surface area contributed by atoms with Gasteiger partial charge in [0.15, 0.2) is 0 Å². The largest absolute Gasteiger partial charge is 0.493 e. The number of anilines is 1. The van der Waals surface area contributed by atoms with E-state index in [1.807, 2.05) is 30.3 Å². The van der Waals surface area contributed by atoms with E-state index in [1.165, 1.54) is 11.3 Å². The van der Waals surface area contributed by atoms with Gasteiger partial charge in [0.2, 0.25) is 11.0 Å². The van der Waals surface area contributed by atoms with E-state index in [4.69, 9.17) is 16.3 Å². The van der Waals surface area contributed by atoms with Crippen LogP contribution in [0.3, 0.4) is 0 Å². The van der Waals surface area contributed by atoms with Crippen molar-refractivity contribution in [2.24, 2.45) is 0 Å². The molecule has 0 aliphatic rings. The van der Waals surface area contributed by atoms with Crippen molar-refractivity contribution in [2.75, 3.05) is 11.9 Å². The standard InChI is InChI=1S/C12H12ClN3O2S/c13-8-11-15-16-12(19-11)14-10(17)6-7-18-9-4-2-1-3-5-9/h1-5H,6-8H2,(H,14,16,17). The summed E-state index contributed by atoms with van der Waals surface area (Å²) >= 11 is 6.87. The van der Waals surface area contributed by atoms with Crippen LogP contribution in [0, 0.1) is 0 Å². The molecule has 1 aromatic carbocycles. The van der Waals surface area contributed by atoms with Crippen molar-refractivity contribution < 1.29 is 9.53 Å². The molecular weight excluding hydrogens is 286 g/mol. The van der Waals surface area contributed by atoms with Gasteiger partial charge in [0.1, 0.15) is 10.8 Å². The molecule has 1 N–H and O–H groups in total. The number of para-hydroxylation sites is 1. The SMILES string of the molecule is O=C(CCOc1ccccc1)Nc1nnc(CCl)s1. The van der Waals surface area contributed by atoms with E-state index in [1.54, 1.807) is 0 Å². The molecule has 0 saturated heterocycles. The molecule has 0 aliphatic heterocycles. The number of nitrogens with one attached hydrogen (secondary N) is 1. The number of alkyl halides is 1. The number of hydrogen-bond acceptors (Lipinski definition) is 5. The average Bonchev–Trinajstić information content (AvgIpc) is 2.87. The van der Waals surface area contributed by atoms with Gasteiger partial charge in [0, 0.05) is 0 Å². The second-order valence-electron chi connectivity index (χ2n) is 3.59. The molecule has 0 unspecified atom stereocenters. The van der Waals surface area contributed by atoms with Crippen LogP contribution in [-0.4, -0.2) is 22.7 Å². The smallest absolute Gasteiger partial charge is 0.229 e. The molecule has 100 valence electrons. The summed E-state index contributed by atoms with van der Waals surface area (Å²) in [6, 6.07) is 9.35. The van der Waals surface area contributed by atoms with E-state index < -0.39 is 0 Å². The Balaban J connectivity index is 1.73. The van der Waals surface area contributed by atoms with Gasteiger partial charge < -0.3 is 10.1 Å². The molecule has 1 heterocycles. The second kappa shape index (κ2) is 7.06. The number of carbonyl (C=O) groups excluding carboxylic acids is 1. The molecule has 0 saturated carbocycles. The van der Waals surface area contributed by atoms with Crippen molar-refractivity contribution in [3.05, 3.63) is 35.3 Å². The number of nitrogens with zero attached hydrogens (tertiary/aromatic N) is 2. The number of hydrogen-bond donors (Lipinski definition) is 1. The molecule has 2 rings (SSSR count).